The van der Waals surface area contributed by atoms with Gasteiger partial charge in [0.1, 0.15) is 12.2 Å². The van der Waals surface area contributed by atoms with E-state index in [-0.39, 0.29) is 49.6 Å². The van der Waals surface area contributed by atoms with Crippen molar-refractivity contribution in [1.82, 2.24) is 19.5 Å². The lowest BCUT2D eigenvalue weighted by Gasteiger charge is -2.37. The minimum Gasteiger partial charge on any atom is -0.476 e. The molecule has 0 spiro atoms. The summed E-state index contributed by atoms with van der Waals surface area (Å²) >= 11 is 0. The Labute approximate surface area is 218 Å². The molecule has 15 nitrogen and oxygen atoms in total. The number of phosphoric acid groups is 1. The van der Waals surface area contributed by atoms with Crippen molar-refractivity contribution in [3.8, 4) is 5.88 Å². The number of esters is 2. The molecule has 0 bridgehead atoms. The van der Waals surface area contributed by atoms with Gasteiger partial charge in [-0.05, 0) is 34.1 Å². The Balaban J connectivity index is 1.56. The van der Waals surface area contributed by atoms with Gasteiger partial charge in [-0.2, -0.15) is 9.97 Å². The molecule has 210 valence electrons. The molecular weight excluding hydrogens is 525 g/mol. The van der Waals surface area contributed by atoms with Crippen molar-refractivity contribution in [2.45, 2.75) is 77.6 Å². The van der Waals surface area contributed by atoms with Crippen LogP contribution >= 0.6 is 7.82 Å². The summed E-state index contributed by atoms with van der Waals surface area (Å²) in [6.45, 7) is 8.18. The predicted molar refractivity (Wildman–Crippen MR) is 130 cm³/mol. The van der Waals surface area contributed by atoms with Crippen molar-refractivity contribution in [2.75, 3.05) is 25.6 Å². The second-order valence-electron chi connectivity index (χ2n) is 9.19. The first-order chi connectivity index (χ1) is 18.0. The van der Waals surface area contributed by atoms with Gasteiger partial charge < -0.3 is 24.7 Å². The summed E-state index contributed by atoms with van der Waals surface area (Å²) in [7, 11) is -4.08. The maximum Gasteiger partial charge on any atom is 0.475 e. The fourth-order valence-electron chi connectivity index (χ4n) is 4.37. The van der Waals surface area contributed by atoms with Crippen molar-refractivity contribution in [3.63, 3.8) is 0 Å². The summed E-state index contributed by atoms with van der Waals surface area (Å²) in [4.78, 5) is 36.6. The Kier molecular flexibility index (Phi) is 8.23. The monoisotopic (exact) mass is 557 g/mol. The zero-order valence-corrected chi connectivity index (χ0v) is 22.7. The molecule has 1 unspecified atom stereocenters. The van der Waals surface area contributed by atoms with Crippen molar-refractivity contribution < 1.29 is 46.7 Å². The number of hydrogen-bond donors (Lipinski definition) is 1. The van der Waals surface area contributed by atoms with Crippen LogP contribution in [0.4, 0.5) is 5.95 Å². The molecule has 0 aliphatic carbocycles. The maximum absolute atomic E-state index is 13.3. The van der Waals surface area contributed by atoms with E-state index in [0.717, 1.165) is 0 Å². The number of fused-ring (bicyclic) bond motifs is 2. The predicted octanol–water partition coefficient (Wildman–Crippen LogP) is 2.30. The summed E-state index contributed by atoms with van der Waals surface area (Å²) in [5.74, 6) is -0.883. The topological polar surface area (TPSA) is 185 Å². The van der Waals surface area contributed by atoms with Crippen LogP contribution in [0.1, 0.15) is 53.7 Å². The van der Waals surface area contributed by atoms with Gasteiger partial charge in [0, 0.05) is 13.3 Å². The van der Waals surface area contributed by atoms with E-state index < -0.39 is 43.8 Å². The minimum atomic E-state index is -4.08. The number of ether oxygens (including phenoxy) is 4. The number of carbonyl (C=O) groups excluding carboxylic acids is 2. The van der Waals surface area contributed by atoms with Gasteiger partial charge in [-0.1, -0.05) is 0 Å². The first kappa shape index (κ1) is 28.2. The molecule has 0 radical (unpaired) electrons. The molecule has 0 aromatic carbocycles. The Morgan fingerprint density at radius 2 is 2.11 bits per heavy atom. The van der Waals surface area contributed by atoms with Gasteiger partial charge in [-0.25, -0.2) is 9.55 Å². The lowest BCUT2D eigenvalue weighted by atomic mass is 9.96. The van der Waals surface area contributed by atoms with Gasteiger partial charge in [0.05, 0.1) is 32.3 Å². The summed E-state index contributed by atoms with van der Waals surface area (Å²) in [6, 6.07) is 0. The molecular formula is C22H32N5O10P. The van der Waals surface area contributed by atoms with Gasteiger partial charge >= 0.3 is 19.8 Å². The van der Waals surface area contributed by atoms with E-state index in [0.29, 0.717) is 12.1 Å². The van der Waals surface area contributed by atoms with Crippen molar-refractivity contribution in [1.29, 1.82) is 0 Å². The third-order valence-electron chi connectivity index (χ3n) is 5.78. The standard InChI is InChI=1S/C22H32N5O10P/c1-6-31-19-16-18(25-21(23)26-19)27(11-24-16)20-22(5,36-13(4)28)17-14(35-20)10-33-38(30,37-17)32-9-7-8-15(29)34-12(2)3/h11-12,14,17,20H,6-10H2,1-5H3,(H2,23,25,26)/t14-,17-,20-,22-,38?/m1/s1. The van der Waals surface area contributed by atoms with Crippen LogP contribution in [0.15, 0.2) is 6.33 Å². The minimum absolute atomic E-state index is 0.0536. The lowest BCUT2D eigenvalue weighted by Crippen LogP contribution is -2.50. The molecule has 2 saturated heterocycles. The molecule has 16 heteroatoms. The fourth-order valence-corrected chi connectivity index (χ4v) is 5.87. The van der Waals surface area contributed by atoms with Crippen LogP contribution < -0.4 is 10.5 Å². The van der Waals surface area contributed by atoms with Gasteiger partial charge in [-0.3, -0.25) is 27.7 Å². The van der Waals surface area contributed by atoms with Crippen LogP contribution in [0.5, 0.6) is 5.88 Å². The van der Waals surface area contributed by atoms with E-state index in [1.807, 2.05) is 0 Å². The second-order valence-corrected chi connectivity index (χ2v) is 10.8. The summed E-state index contributed by atoms with van der Waals surface area (Å²) in [5, 5.41) is 0. The molecule has 5 atom stereocenters. The van der Waals surface area contributed by atoms with Crippen LogP contribution in [0.3, 0.4) is 0 Å². The van der Waals surface area contributed by atoms with Crippen molar-refractivity contribution in [2.24, 2.45) is 0 Å². The number of anilines is 1. The smallest absolute Gasteiger partial charge is 0.475 e. The molecule has 2 fully saturated rings. The highest BCUT2D eigenvalue weighted by molar-refractivity contribution is 7.48. The molecule has 0 saturated carbocycles. The van der Waals surface area contributed by atoms with E-state index in [1.165, 1.54) is 17.8 Å². The number of carbonyl (C=O) groups is 2. The molecule has 2 aromatic heterocycles. The summed E-state index contributed by atoms with van der Waals surface area (Å²) in [6.07, 6.45) is -1.33. The van der Waals surface area contributed by atoms with Crippen LogP contribution in [0.2, 0.25) is 0 Å². The molecule has 2 aliphatic rings. The maximum atomic E-state index is 13.3. The van der Waals surface area contributed by atoms with E-state index in [1.54, 1.807) is 27.7 Å². The number of nitrogens with zero attached hydrogens (tertiary/aromatic N) is 4. The molecule has 2 aromatic rings. The first-order valence-corrected chi connectivity index (χ1v) is 13.7. The fraction of sp³-hybridized carbons (Fsp3) is 0.682. The number of nitrogen functional groups attached to an aromatic ring is 1. The van der Waals surface area contributed by atoms with Gasteiger partial charge in [-0.15, -0.1) is 0 Å². The van der Waals surface area contributed by atoms with Crippen LogP contribution in [-0.2, 0) is 41.9 Å². The number of imidazole rings is 1. The van der Waals surface area contributed by atoms with Gasteiger partial charge in [0.2, 0.25) is 11.8 Å². The molecule has 2 N–H and O–H groups in total. The molecule has 38 heavy (non-hydrogen) atoms. The average Bonchev–Trinajstić information content (AvgIpc) is 3.34. The number of phosphoric ester groups is 1. The van der Waals surface area contributed by atoms with Gasteiger partial charge in [0.25, 0.3) is 0 Å². The highest BCUT2D eigenvalue weighted by Gasteiger charge is 2.63. The normalized spacial score (nSPS) is 28.8. The summed E-state index contributed by atoms with van der Waals surface area (Å²) in [5.41, 5.74) is 4.99. The first-order valence-electron chi connectivity index (χ1n) is 12.2. The number of aromatic nitrogens is 4. The van der Waals surface area contributed by atoms with E-state index in [4.69, 9.17) is 38.3 Å². The highest BCUT2D eigenvalue weighted by atomic mass is 31.2. The Bertz CT molecular complexity index is 1240. The van der Waals surface area contributed by atoms with Crippen LogP contribution in [0.25, 0.3) is 11.2 Å². The Morgan fingerprint density at radius 1 is 1.34 bits per heavy atom. The Hall–Kier alpha value is -2.84. The zero-order chi connectivity index (χ0) is 27.7. The SMILES string of the molecule is CCOc1nc(N)nc2c1ncn2[C@@H]1O[C@@H]2COP(=O)(OCCCC(=O)OC(C)C)O[C@H]2[C@@]1(C)OC(C)=O. The highest BCUT2D eigenvalue weighted by Crippen LogP contribution is 2.59. The summed E-state index contributed by atoms with van der Waals surface area (Å²) < 4.78 is 53.9. The van der Waals surface area contributed by atoms with E-state index in [9.17, 15) is 14.2 Å². The number of rotatable bonds is 10. The number of nitrogens with two attached hydrogens (primary N) is 1. The van der Waals surface area contributed by atoms with E-state index in [2.05, 4.69) is 15.0 Å². The Morgan fingerprint density at radius 3 is 2.79 bits per heavy atom. The van der Waals surface area contributed by atoms with Crippen LogP contribution in [0, 0.1) is 0 Å². The molecule has 0 amide bonds. The lowest BCUT2D eigenvalue weighted by molar-refractivity contribution is -0.175. The quantitative estimate of drug-likeness (QED) is 0.255. The second kappa shape index (κ2) is 11.1. The van der Waals surface area contributed by atoms with E-state index >= 15 is 0 Å². The zero-order valence-electron chi connectivity index (χ0n) is 21.8. The van der Waals surface area contributed by atoms with Gasteiger partial charge in [0.15, 0.2) is 23.0 Å². The van der Waals surface area contributed by atoms with Crippen molar-refractivity contribution in [3.05, 3.63) is 6.33 Å². The third-order valence-corrected chi connectivity index (χ3v) is 7.23. The molecule has 2 aliphatic heterocycles. The largest absolute Gasteiger partial charge is 0.476 e. The molecule has 4 heterocycles. The average molecular weight is 557 g/mol. The third kappa shape index (κ3) is 5.76. The number of hydrogen-bond acceptors (Lipinski definition) is 14. The van der Waals surface area contributed by atoms with Crippen molar-refractivity contribution >= 4 is 36.9 Å². The van der Waals surface area contributed by atoms with Crippen LogP contribution in [-0.4, -0.2) is 75.2 Å². The molecule has 4 rings (SSSR count).